The van der Waals surface area contributed by atoms with E-state index in [1.54, 1.807) is 24.4 Å². The molecule has 0 fully saturated rings. The monoisotopic (exact) mass is 167 g/mol. The number of allylic oxidation sites excluding steroid dienone is 1. The molecule has 1 heterocycles. The summed E-state index contributed by atoms with van der Waals surface area (Å²) < 4.78 is 0. The number of nitrogens with zero attached hydrogens (tertiary/aromatic N) is 1. The molecule has 1 aromatic rings. The van der Waals surface area contributed by atoms with Crippen LogP contribution in [0.3, 0.4) is 0 Å². The van der Waals surface area contributed by atoms with Gasteiger partial charge in [-0.25, -0.2) is 0 Å². The third kappa shape index (κ3) is 2.96. The Morgan fingerprint density at radius 2 is 2.36 bits per heavy atom. The highest BCUT2D eigenvalue weighted by molar-refractivity contribution is 6.66. The number of rotatable bonds is 2. The van der Waals surface area contributed by atoms with Crippen molar-refractivity contribution in [2.75, 3.05) is 0 Å². The van der Waals surface area contributed by atoms with E-state index in [4.69, 9.17) is 11.6 Å². The molecule has 0 saturated heterocycles. The second-order valence-corrected chi connectivity index (χ2v) is 2.26. The van der Waals surface area contributed by atoms with E-state index in [1.807, 2.05) is 6.07 Å². The lowest BCUT2D eigenvalue weighted by Gasteiger charge is -1.86. The maximum absolute atomic E-state index is 10.3. The first-order chi connectivity index (χ1) is 5.29. The van der Waals surface area contributed by atoms with Crippen LogP contribution in [0.15, 0.2) is 30.5 Å². The fourth-order valence-electron chi connectivity index (χ4n) is 0.625. The fourth-order valence-corrected chi connectivity index (χ4v) is 0.688. The van der Waals surface area contributed by atoms with Gasteiger partial charge in [-0.2, -0.15) is 0 Å². The minimum absolute atomic E-state index is 0.490. The molecule has 0 bridgehead atoms. The van der Waals surface area contributed by atoms with Crippen molar-refractivity contribution in [3.63, 3.8) is 0 Å². The van der Waals surface area contributed by atoms with Crippen molar-refractivity contribution < 1.29 is 4.79 Å². The zero-order chi connectivity index (χ0) is 8.10. The average molecular weight is 168 g/mol. The van der Waals surface area contributed by atoms with E-state index in [1.165, 1.54) is 6.08 Å². The molecule has 0 saturated carbocycles. The Balaban J connectivity index is 2.72. The van der Waals surface area contributed by atoms with E-state index < -0.39 is 5.24 Å². The standard InChI is InChI=1S/C8H6ClNO/c9-8(11)5-4-7-3-1-2-6-10-7/h1-6H/b5-4+. The number of halogens is 1. The lowest BCUT2D eigenvalue weighted by molar-refractivity contribution is -0.107. The van der Waals surface area contributed by atoms with Gasteiger partial charge in [-0.1, -0.05) is 6.07 Å². The molecule has 2 nitrogen and oxygen atoms in total. The first kappa shape index (κ1) is 7.95. The van der Waals surface area contributed by atoms with Crippen molar-refractivity contribution in [3.05, 3.63) is 36.2 Å². The van der Waals surface area contributed by atoms with Crippen LogP contribution in [0.1, 0.15) is 5.69 Å². The van der Waals surface area contributed by atoms with Crippen molar-refractivity contribution in [1.29, 1.82) is 0 Å². The maximum Gasteiger partial charge on any atom is 0.245 e. The summed E-state index contributed by atoms with van der Waals surface area (Å²) in [6.07, 6.45) is 4.48. The predicted molar refractivity (Wildman–Crippen MR) is 44.1 cm³/mol. The highest BCUT2D eigenvalue weighted by Gasteiger charge is 1.86. The van der Waals surface area contributed by atoms with Gasteiger partial charge in [-0.15, -0.1) is 0 Å². The second kappa shape index (κ2) is 3.88. The second-order valence-electron chi connectivity index (χ2n) is 1.89. The predicted octanol–water partition coefficient (Wildman–Crippen LogP) is 1.86. The molecule has 1 aromatic heterocycles. The summed E-state index contributed by atoms with van der Waals surface area (Å²) in [5.41, 5.74) is 0.724. The minimum atomic E-state index is -0.490. The van der Waals surface area contributed by atoms with E-state index in [-0.39, 0.29) is 0 Å². The van der Waals surface area contributed by atoms with E-state index in [0.717, 1.165) is 5.69 Å². The maximum atomic E-state index is 10.3. The summed E-state index contributed by atoms with van der Waals surface area (Å²) in [6, 6.07) is 5.43. The Hall–Kier alpha value is -1.15. The van der Waals surface area contributed by atoms with E-state index in [2.05, 4.69) is 4.98 Å². The molecule has 3 heteroatoms. The molecule has 0 N–H and O–H groups in total. The zero-order valence-electron chi connectivity index (χ0n) is 5.70. The number of hydrogen-bond acceptors (Lipinski definition) is 2. The van der Waals surface area contributed by atoms with Crippen molar-refractivity contribution in [3.8, 4) is 0 Å². The Kier molecular flexibility index (Phi) is 2.81. The third-order valence-corrected chi connectivity index (χ3v) is 1.20. The van der Waals surface area contributed by atoms with Crippen LogP contribution in [-0.2, 0) is 4.79 Å². The highest BCUT2D eigenvalue weighted by atomic mass is 35.5. The lowest BCUT2D eigenvalue weighted by Crippen LogP contribution is -1.79. The van der Waals surface area contributed by atoms with Crippen LogP contribution >= 0.6 is 11.6 Å². The highest BCUT2D eigenvalue weighted by Crippen LogP contribution is 1.96. The number of aromatic nitrogens is 1. The fraction of sp³-hybridized carbons (Fsp3) is 0. The largest absolute Gasteiger partial charge is 0.276 e. The third-order valence-electron chi connectivity index (χ3n) is 1.07. The molecule has 0 unspecified atom stereocenters. The first-order valence-corrected chi connectivity index (χ1v) is 3.45. The Morgan fingerprint density at radius 3 is 2.91 bits per heavy atom. The number of carbonyl (C=O) groups excluding carboxylic acids is 1. The molecule has 0 amide bonds. The van der Waals surface area contributed by atoms with Crippen LogP contribution in [0, 0.1) is 0 Å². The Labute approximate surface area is 69.5 Å². The van der Waals surface area contributed by atoms with Gasteiger partial charge in [-0.3, -0.25) is 9.78 Å². The van der Waals surface area contributed by atoms with Gasteiger partial charge in [0.15, 0.2) is 0 Å². The first-order valence-electron chi connectivity index (χ1n) is 3.07. The Bertz CT molecular complexity index is 269. The van der Waals surface area contributed by atoms with E-state index >= 15 is 0 Å². The van der Waals surface area contributed by atoms with Crippen molar-refractivity contribution >= 4 is 22.9 Å². The number of hydrogen-bond donors (Lipinski definition) is 0. The number of carbonyl (C=O) groups is 1. The summed E-state index contributed by atoms with van der Waals surface area (Å²) in [4.78, 5) is 14.2. The molecule has 0 atom stereocenters. The topological polar surface area (TPSA) is 30.0 Å². The SMILES string of the molecule is O=C(Cl)/C=C/c1ccccn1. The summed E-state index contributed by atoms with van der Waals surface area (Å²) in [5, 5.41) is -0.490. The number of pyridine rings is 1. The van der Waals surface area contributed by atoms with Crippen LogP contribution in [0.25, 0.3) is 6.08 Å². The van der Waals surface area contributed by atoms with Gasteiger partial charge in [0, 0.05) is 6.20 Å². The molecule has 0 spiro atoms. The molecular weight excluding hydrogens is 162 g/mol. The summed E-state index contributed by atoms with van der Waals surface area (Å²) >= 11 is 5.07. The van der Waals surface area contributed by atoms with Crippen molar-refractivity contribution in [1.82, 2.24) is 4.98 Å². The van der Waals surface area contributed by atoms with Crippen LogP contribution in [-0.4, -0.2) is 10.2 Å². The average Bonchev–Trinajstić information content (AvgIpc) is 2.03. The van der Waals surface area contributed by atoms with Crippen molar-refractivity contribution in [2.45, 2.75) is 0 Å². The van der Waals surface area contributed by atoms with Gasteiger partial charge in [0.05, 0.1) is 5.69 Å². The molecule has 0 aliphatic heterocycles. The van der Waals surface area contributed by atoms with Gasteiger partial charge in [0.2, 0.25) is 5.24 Å². The van der Waals surface area contributed by atoms with Crippen LogP contribution in [0.5, 0.6) is 0 Å². The minimum Gasteiger partial charge on any atom is -0.276 e. The van der Waals surface area contributed by atoms with Gasteiger partial charge >= 0.3 is 0 Å². The van der Waals surface area contributed by atoms with E-state index in [9.17, 15) is 4.79 Å². The zero-order valence-corrected chi connectivity index (χ0v) is 6.45. The molecule has 0 aliphatic carbocycles. The smallest absolute Gasteiger partial charge is 0.245 e. The van der Waals surface area contributed by atoms with Gasteiger partial charge in [0.1, 0.15) is 0 Å². The molecule has 0 aliphatic rings. The van der Waals surface area contributed by atoms with Crippen LogP contribution in [0.4, 0.5) is 0 Å². The molecule has 11 heavy (non-hydrogen) atoms. The summed E-state index contributed by atoms with van der Waals surface area (Å²) in [6.45, 7) is 0. The molecule has 0 aromatic carbocycles. The summed E-state index contributed by atoms with van der Waals surface area (Å²) in [5.74, 6) is 0. The summed E-state index contributed by atoms with van der Waals surface area (Å²) in [7, 11) is 0. The van der Waals surface area contributed by atoms with Crippen LogP contribution in [0.2, 0.25) is 0 Å². The molecule has 56 valence electrons. The molecular formula is C8H6ClNO. The lowest BCUT2D eigenvalue weighted by atomic mass is 10.3. The molecule has 0 radical (unpaired) electrons. The van der Waals surface area contributed by atoms with Gasteiger partial charge in [-0.05, 0) is 35.9 Å². The normalized spacial score (nSPS) is 10.3. The molecule has 1 rings (SSSR count). The van der Waals surface area contributed by atoms with Gasteiger partial charge in [0.25, 0.3) is 0 Å². The Morgan fingerprint density at radius 1 is 1.55 bits per heavy atom. The quantitative estimate of drug-likeness (QED) is 0.497. The van der Waals surface area contributed by atoms with Gasteiger partial charge < -0.3 is 0 Å². The van der Waals surface area contributed by atoms with Crippen molar-refractivity contribution in [2.24, 2.45) is 0 Å². The van der Waals surface area contributed by atoms with Crippen LogP contribution < -0.4 is 0 Å². The van der Waals surface area contributed by atoms with E-state index in [0.29, 0.717) is 0 Å².